The van der Waals surface area contributed by atoms with Crippen LogP contribution in [0.4, 0.5) is 10.1 Å². The molecule has 1 aliphatic heterocycles. The SMILES string of the molecule is CCOc1ccc(/C=C2/SC(=S)N(c3ccccc3F)C2=O)cc1Br. The molecule has 0 saturated carbocycles. The number of para-hydroxylation sites is 1. The normalized spacial score (nSPS) is 16.0. The van der Waals surface area contributed by atoms with Crippen molar-refractivity contribution in [3.8, 4) is 5.75 Å². The summed E-state index contributed by atoms with van der Waals surface area (Å²) < 4.78 is 20.6. The Morgan fingerprint density at radius 3 is 2.76 bits per heavy atom. The van der Waals surface area contributed by atoms with E-state index in [0.717, 1.165) is 27.5 Å². The summed E-state index contributed by atoms with van der Waals surface area (Å²) in [6.07, 6.45) is 1.74. The third-order valence-corrected chi connectivity index (χ3v) is 5.36. The fourth-order valence-corrected chi connectivity index (χ4v) is 4.14. The van der Waals surface area contributed by atoms with Crippen molar-refractivity contribution in [3.63, 3.8) is 0 Å². The minimum atomic E-state index is -0.483. The summed E-state index contributed by atoms with van der Waals surface area (Å²) in [7, 11) is 0. The highest BCUT2D eigenvalue weighted by atomic mass is 79.9. The van der Waals surface area contributed by atoms with Crippen molar-refractivity contribution in [1.82, 2.24) is 0 Å². The van der Waals surface area contributed by atoms with Crippen LogP contribution in [-0.4, -0.2) is 16.8 Å². The van der Waals surface area contributed by atoms with Crippen LogP contribution in [-0.2, 0) is 4.79 Å². The second-order valence-electron chi connectivity index (χ2n) is 5.09. The molecule has 25 heavy (non-hydrogen) atoms. The van der Waals surface area contributed by atoms with Gasteiger partial charge in [0, 0.05) is 0 Å². The molecule has 2 aromatic rings. The van der Waals surface area contributed by atoms with E-state index in [2.05, 4.69) is 15.9 Å². The highest BCUT2D eigenvalue weighted by Crippen LogP contribution is 2.37. The van der Waals surface area contributed by atoms with Crippen LogP contribution in [0.1, 0.15) is 12.5 Å². The van der Waals surface area contributed by atoms with Gasteiger partial charge in [-0.25, -0.2) is 4.39 Å². The molecule has 3 nitrogen and oxygen atoms in total. The van der Waals surface area contributed by atoms with Crippen LogP contribution in [0.15, 0.2) is 51.8 Å². The molecule has 1 saturated heterocycles. The highest BCUT2D eigenvalue weighted by Gasteiger charge is 2.34. The number of rotatable bonds is 4. The van der Waals surface area contributed by atoms with Crippen LogP contribution in [0.25, 0.3) is 6.08 Å². The summed E-state index contributed by atoms with van der Waals surface area (Å²) in [6, 6.07) is 11.6. The predicted octanol–water partition coefficient (Wildman–Crippen LogP) is 5.39. The van der Waals surface area contributed by atoms with Gasteiger partial charge in [-0.3, -0.25) is 9.69 Å². The number of hydrogen-bond acceptors (Lipinski definition) is 4. The van der Waals surface area contributed by atoms with Crippen LogP contribution in [0.5, 0.6) is 5.75 Å². The first-order chi connectivity index (χ1) is 12.0. The fourth-order valence-electron chi connectivity index (χ4n) is 2.34. The Morgan fingerprint density at radius 1 is 1.32 bits per heavy atom. The first-order valence-electron chi connectivity index (χ1n) is 7.46. The molecule has 0 atom stereocenters. The molecule has 128 valence electrons. The summed E-state index contributed by atoms with van der Waals surface area (Å²) in [4.78, 5) is 14.3. The molecule has 2 aromatic carbocycles. The molecule has 1 fully saturated rings. The first-order valence-corrected chi connectivity index (χ1v) is 9.48. The Morgan fingerprint density at radius 2 is 2.08 bits per heavy atom. The van der Waals surface area contributed by atoms with E-state index in [1.807, 2.05) is 25.1 Å². The Hall–Kier alpha value is -1.70. The van der Waals surface area contributed by atoms with Crippen LogP contribution >= 0.6 is 39.9 Å². The molecule has 7 heteroatoms. The second kappa shape index (κ2) is 7.68. The zero-order valence-corrected chi connectivity index (χ0v) is 16.4. The molecule has 0 spiro atoms. The van der Waals surface area contributed by atoms with Crippen molar-refractivity contribution in [2.45, 2.75) is 6.92 Å². The summed E-state index contributed by atoms with van der Waals surface area (Å²) in [5.41, 5.74) is 0.991. The summed E-state index contributed by atoms with van der Waals surface area (Å²) in [5, 5.41) is 0. The minimum Gasteiger partial charge on any atom is -0.493 e. The lowest BCUT2D eigenvalue weighted by atomic mass is 10.2. The topological polar surface area (TPSA) is 29.5 Å². The summed E-state index contributed by atoms with van der Waals surface area (Å²) in [5.74, 6) is -0.0764. The predicted molar refractivity (Wildman–Crippen MR) is 107 cm³/mol. The van der Waals surface area contributed by atoms with Crippen molar-refractivity contribution in [2.24, 2.45) is 0 Å². The van der Waals surface area contributed by atoms with Gasteiger partial charge in [-0.05, 0) is 58.8 Å². The molecule has 1 amide bonds. The highest BCUT2D eigenvalue weighted by molar-refractivity contribution is 9.10. The van der Waals surface area contributed by atoms with Crippen molar-refractivity contribution in [1.29, 1.82) is 0 Å². The lowest BCUT2D eigenvalue weighted by Gasteiger charge is -2.14. The van der Waals surface area contributed by atoms with E-state index in [0.29, 0.717) is 15.8 Å². The molecular formula is C18H13BrFNO2S2. The third kappa shape index (κ3) is 3.78. The molecule has 0 bridgehead atoms. The van der Waals surface area contributed by atoms with Gasteiger partial charge in [0.1, 0.15) is 11.6 Å². The molecule has 0 radical (unpaired) electrons. The molecular weight excluding hydrogens is 425 g/mol. The Kier molecular flexibility index (Phi) is 5.56. The van der Waals surface area contributed by atoms with Gasteiger partial charge in [-0.2, -0.15) is 0 Å². The van der Waals surface area contributed by atoms with Crippen molar-refractivity contribution >= 4 is 61.9 Å². The van der Waals surface area contributed by atoms with E-state index >= 15 is 0 Å². The molecule has 0 unspecified atom stereocenters. The van der Waals surface area contributed by atoms with Gasteiger partial charge in [0.25, 0.3) is 5.91 Å². The van der Waals surface area contributed by atoms with Gasteiger partial charge in [0.2, 0.25) is 0 Å². The first kappa shape index (κ1) is 18.1. The summed E-state index contributed by atoms with van der Waals surface area (Å²) in [6.45, 7) is 2.48. The van der Waals surface area contributed by atoms with Gasteiger partial charge in [0.15, 0.2) is 4.32 Å². The standard InChI is InChI=1S/C18H13BrFNO2S2/c1-2-23-15-8-7-11(9-12(15)19)10-16-17(22)21(18(24)25-16)14-6-4-3-5-13(14)20/h3-10H,2H2,1H3/b16-10+. The molecule has 3 rings (SSSR count). The third-order valence-electron chi connectivity index (χ3n) is 3.44. The number of carbonyl (C=O) groups excluding carboxylic acids is 1. The number of hydrogen-bond donors (Lipinski definition) is 0. The Labute approximate surface area is 163 Å². The van der Waals surface area contributed by atoms with E-state index in [9.17, 15) is 9.18 Å². The van der Waals surface area contributed by atoms with Crippen LogP contribution in [0.2, 0.25) is 0 Å². The lowest BCUT2D eigenvalue weighted by molar-refractivity contribution is -0.113. The van der Waals surface area contributed by atoms with Gasteiger partial charge in [0.05, 0.1) is 21.7 Å². The second-order valence-corrected chi connectivity index (χ2v) is 7.62. The van der Waals surface area contributed by atoms with Gasteiger partial charge < -0.3 is 4.74 Å². The number of nitrogens with zero attached hydrogens (tertiary/aromatic N) is 1. The molecule has 0 aliphatic carbocycles. The van der Waals surface area contributed by atoms with Crippen molar-refractivity contribution in [2.75, 3.05) is 11.5 Å². The average molecular weight is 438 g/mol. The lowest BCUT2D eigenvalue weighted by Crippen LogP contribution is -2.28. The number of ether oxygens (including phenoxy) is 1. The number of halogens is 2. The molecule has 0 aromatic heterocycles. The van der Waals surface area contributed by atoms with Gasteiger partial charge in [-0.1, -0.05) is 42.2 Å². The van der Waals surface area contributed by atoms with Crippen LogP contribution < -0.4 is 9.64 Å². The van der Waals surface area contributed by atoms with E-state index < -0.39 is 5.82 Å². The van der Waals surface area contributed by atoms with Gasteiger partial charge in [-0.15, -0.1) is 0 Å². The van der Waals surface area contributed by atoms with Crippen molar-refractivity contribution < 1.29 is 13.9 Å². The van der Waals surface area contributed by atoms with Gasteiger partial charge >= 0.3 is 0 Å². The Balaban J connectivity index is 1.91. The molecule has 0 N–H and O–H groups in total. The van der Waals surface area contributed by atoms with Crippen LogP contribution in [0.3, 0.4) is 0 Å². The minimum absolute atomic E-state index is 0.168. The Bertz CT molecular complexity index is 885. The number of thioether (sulfide) groups is 1. The monoisotopic (exact) mass is 437 g/mol. The van der Waals surface area contributed by atoms with Crippen molar-refractivity contribution in [3.05, 3.63) is 63.2 Å². The maximum Gasteiger partial charge on any atom is 0.270 e. The zero-order chi connectivity index (χ0) is 18.0. The summed E-state index contributed by atoms with van der Waals surface area (Å²) >= 11 is 9.87. The van der Waals surface area contributed by atoms with Crippen LogP contribution in [0, 0.1) is 5.82 Å². The number of benzene rings is 2. The van der Waals surface area contributed by atoms with E-state index in [1.54, 1.807) is 18.2 Å². The number of anilines is 1. The fraction of sp³-hybridized carbons (Fsp3) is 0.111. The van der Waals surface area contributed by atoms with E-state index in [-0.39, 0.29) is 11.6 Å². The smallest absolute Gasteiger partial charge is 0.270 e. The molecule has 1 heterocycles. The number of thiocarbonyl (C=S) groups is 1. The largest absolute Gasteiger partial charge is 0.493 e. The maximum atomic E-state index is 14.0. The van der Waals surface area contributed by atoms with E-state index in [4.69, 9.17) is 17.0 Å². The maximum absolute atomic E-state index is 14.0. The number of amides is 1. The quantitative estimate of drug-likeness (QED) is 0.473. The molecule has 1 aliphatic rings. The average Bonchev–Trinajstić information content (AvgIpc) is 2.85. The number of carbonyl (C=O) groups is 1. The zero-order valence-electron chi connectivity index (χ0n) is 13.2. The van der Waals surface area contributed by atoms with E-state index in [1.165, 1.54) is 17.0 Å².